The standard InChI is InChI=1S/C14H15N3O3/c1-17-13(14(19)20-2)11(9-15-17)16-12(18)8-10-6-4-3-5-7-10/h3-7,9H,8H2,1-2H3,(H,16,18). The molecule has 1 aromatic carbocycles. The van der Waals surface area contributed by atoms with E-state index in [2.05, 4.69) is 15.2 Å². The number of benzene rings is 1. The summed E-state index contributed by atoms with van der Waals surface area (Å²) in [6, 6.07) is 9.35. The van der Waals surface area contributed by atoms with Gasteiger partial charge in [0.05, 0.1) is 25.4 Å². The summed E-state index contributed by atoms with van der Waals surface area (Å²) < 4.78 is 6.03. The lowest BCUT2D eigenvalue weighted by Gasteiger charge is -2.06. The molecule has 1 heterocycles. The van der Waals surface area contributed by atoms with E-state index in [-0.39, 0.29) is 18.0 Å². The van der Waals surface area contributed by atoms with Crippen LogP contribution in [0.2, 0.25) is 0 Å². The van der Waals surface area contributed by atoms with Crippen molar-refractivity contribution in [1.82, 2.24) is 9.78 Å². The number of hydrogen-bond donors (Lipinski definition) is 1. The highest BCUT2D eigenvalue weighted by Crippen LogP contribution is 2.15. The number of anilines is 1. The molecule has 0 fully saturated rings. The summed E-state index contributed by atoms with van der Waals surface area (Å²) in [5, 5.41) is 6.62. The van der Waals surface area contributed by atoms with Crippen LogP contribution in [0, 0.1) is 0 Å². The molecule has 0 atom stereocenters. The van der Waals surface area contributed by atoms with E-state index in [0.717, 1.165) is 5.56 Å². The van der Waals surface area contributed by atoms with Gasteiger partial charge < -0.3 is 10.1 Å². The fraction of sp³-hybridized carbons (Fsp3) is 0.214. The van der Waals surface area contributed by atoms with Crippen molar-refractivity contribution in [3.63, 3.8) is 0 Å². The van der Waals surface area contributed by atoms with Crippen LogP contribution >= 0.6 is 0 Å². The predicted octanol–water partition coefficient (Wildman–Crippen LogP) is 1.39. The lowest BCUT2D eigenvalue weighted by molar-refractivity contribution is -0.115. The van der Waals surface area contributed by atoms with Gasteiger partial charge in [-0.1, -0.05) is 30.3 Å². The molecule has 2 aromatic rings. The van der Waals surface area contributed by atoms with Crippen LogP contribution in [0.5, 0.6) is 0 Å². The maximum Gasteiger partial charge on any atom is 0.358 e. The van der Waals surface area contributed by atoms with Gasteiger partial charge in [-0.05, 0) is 5.56 Å². The Labute approximate surface area is 116 Å². The second-order valence-corrected chi connectivity index (χ2v) is 4.23. The monoisotopic (exact) mass is 273 g/mol. The number of nitrogens with one attached hydrogen (secondary N) is 1. The maximum atomic E-state index is 12.0. The summed E-state index contributed by atoms with van der Waals surface area (Å²) in [5.74, 6) is -0.755. The van der Waals surface area contributed by atoms with Crippen LogP contribution in [0.15, 0.2) is 36.5 Å². The molecule has 0 spiro atoms. The van der Waals surface area contributed by atoms with Gasteiger partial charge in [-0.25, -0.2) is 4.79 Å². The van der Waals surface area contributed by atoms with Crippen LogP contribution in [0.1, 0.15) is 16.1 Å². The predicted molar refractivity (Wildman–Crippen MR) is 73.3 cm³/mol. The number of carbonyl (C=O) groups excluding carboxylic acids is 2. The smallest absolute Gasteiger partial charge is 0.358 e. The summed E-state index contributed by atoms with van der Waals surface area (Å²) in [5.41, 5.74) is 1.46. The minimum Gasteiger partial charge on any atom is -0.464 e. The molecule has 1 N–H and O–H groups in total. The van der Waals surface area contributed by atoms with E-state index in [0.29, 0.717) is 5.69 Å². The Balaban J connectivity index is 2.11. The molecule has 0 radical (unpaired) electrons. The van der Waals surface area contributed by atoms with Gasteiger partial charge in [0.1, 0.15) is 0 Å². The van der Waals surface area contributed by atoms with E-state index in [1.807, 2.05) is 30.3 Å². The van der Waals surface area contributed by atoms with Gasteiger partial charge in [0.25, 0.3) is 0 Å². The van der Waals surface area contributed by atoms with Crippen LogP contribution in [-0.4, -0.2) is 28.8 Å². The number of ether oxygens (including phenoxy) is 1. The molecule has 0 unspecified atom stereocenters. The molecule has 6 nitrogen and oxygen atoms in total. The van der Waals surface area contributed by atoms with Crippen molar-refractivity contribution < 1.29 is 14.3 Å². The first-order valence-electron chi connectivity index (χ1n) is 6.06. The van der Waals surface area contributed by atoms with Gasteiger partial charge in [-0.2, -0.15) is 5.10 Å². The number of carbonyl (C=O) groups is 2. The fourth-order valence-electron chi connectivity index (χ4n) is 1.84. The summed E-state index contributed by atoms with van der Waals surface area (Å²) in [6.07, 6.45) is 1.66. The SMILES string of the molecule is COC(=O)c1c(NC(=O)Cc2ccccc2)cnn1C. The number of methoxy groups -OCH3 is 1. The molecule has 20 heavy (non-hydrogen) atoms. The van der Waals surface area contributed by atoms with E-state index in [9.17, 15) is 9.59 Å². The van der Waals surface area contributed by atoms with Crippen molar-refractivity contribution >= 4 is 17.6 Å². The summed E-state index contributed by atoms with van der Waals surface area (Å²) in [6.45, 7) is 0. The molecule has 2 rings (SSSR count). The van der Waals surface area contributed by atoms with E-state index < -0.39 is 5.97 Å². The number of hydrogen-bond acceptors (Lipinski definition) is 4. The molecule has 0 bridgehead atoms. The third-order valence-electron chi connectivity index (χ3n) is 2.80. The highest BCUT2D eigenvalue weighted by atomic mass is 16.5. The third-order valence-corrected chi connectivity index (χ3v) is 2.80. The van der Waals surface area contributed by atoms with Gasteiger partial charge in [-0.15, -0.1) is 0 Å². The molecule has 1 amide bonds. The van der Waals surface area contributed by atoms with Gasteiger partial charge in [0, 0.05) is 7.05 Å². The fourth-order valence-corrected chi connectivity index (χ4v) is 1.84. The third kappa shape index (κ3) is 3.03. The van der Waals surface area contributed by atoms with Gasteiger partial charge in [0.15, 0.2) is 5.69 Å². The molecule has 0 aliphatic heterocycles. The van der Waals surface area contributed by atoms with Crippen molar-refractivity contribution in [2.24, 2.45) is 7.05 Å². The highest BCUT2D eigenvalue weighted by Gasteiger charge is 2.19. The molecule has 104 valence electrons. The van der Waals surface area contributed by atoms with Gasteiger partial charge in [-0.3, -0.25) is 9.48 Å². The zero-order valence-electron chi connectivity index (χ0n) is 11.3. The number of aromatic nitrogens is 2. The Morgan fingerprint density at radius 1 is 1.30 bits per heavy atom. The van der Waals surface area contributed by atoms with Crippen LogP contribution in [0.25, 0.3) is 0 Å². The first kappa shape index (κ1) is 13.8. The molecule has 0 saturated heterocycles. The van der Waals surface area contributed by atoms with E-state index in [1.165, 1.54) is 18.0 Å². The Bertz CT molecular complexity index is 620. The lowest BCUT2D eigenvalue weighted by Crippen LogP contribution is -2.17. The van der Waals surface area contributed by atoms with Crippen LogP contribution < -0.4 is 5.32 Å². The first-order chi connectivity index (χ1) is 9.61. The highest BCUT2D eigenvalue weighted by molar-refractivity contribution is 6.00. The maximum absolute atomic E-state index is 12.0. The lowest BCUT2D eigenvalue weighted by atomic mass is 10.1. The van der Waals surface area contributed by atoms with Crippen molar-refractivity contribution in [2.45, 2.75) is 6.42 Å². The van der Waals surface area contributed by atoms with Crippen molar-refractivity contribution in [3.05, 3.63) is 47.8 Å². The molecule has 6 heteroatoms. The number of rotatable bonds is 4. The second kappa shape index (κ2) is 6.01. The minimum absolute atomic E-state index is 0.214. The van der Waals surface area contributed by atoms with Crippen molar-refractivity contribution in [2.75, 3.05) is 12.4 Å². The number of nitrogens with zero attached hydrogens (tertiary/aromatic N) is 2. The molecule has 0 saturated carbocycles. The van der Waals surface area contributed by atoms with Crippen molar-refractivity contribution in [3.8, 4) is 0 Å². The molecule has 1 aromatic heterocycles. The Kier molecular flexibility index (Phi) is 4.14. The zero-order valence-corrected chi connectivity index (χ0v) is 11.3. The average Bonchev–Trinajstić information content (AvgIpc) is 2.80. The van der Waals surface area contributed by atoms with Gasteiger partial charge >= 0.3 is 5.97 Å². The number of amides is 1. The Morgan fingerprint density at radius 3 is 2.65 bits per heavy atom. The Hall–Kier alpha value is -2.63. The van der Waals surface area contributed by atoms with Crippen LogP contribution in [0.4, 0.5) is 5.69 Å². The average molecular weight is 273 g/mol. The normalized spacial score (nSPS) is 10.1. The van der Waals surface area contributed by atoms with E-state index in [1.54, 1.807) is 7.05 Å². The van der Waals surface area contributed by atoms with Crippen molar-refractivity contribution in [1.29, 1.82) is 0 Å². The number of aryl methyl sites for hydroxylation is 1. The molecular weight excluding hydrogens is 258 g/mol. The molecule has 0 aliphatic carbocycles. The quantitative estimate of drug-likeness (QED) is 0.854. The molecule has 0 aliphatic rings. The largest absolute Gasteiger partial charge is 0.464 e. The molecular formula is C14H15N3O3. The zero-order chi connectivity index (χ0) is 14.5. The first-order valence-corrected chi connectivity index (χ1v) is 6.06. The van der Waals surface area contributed by atoms with E-state index >= 15 is 0 Å². The van der Waals surface area contributed by atoms with Gasteiger partial charge in [0.2, 0.25) is 5.91 Å². The summed E-state index contributed by atoms with van der Waals surface area (Å²) in [4.78, 5) is 23.6. The van der Waals surface area contributed by atoms with E-state index in [4.69, 9.17) is 0 Å². The summed E-state index contributed by atoms with van der Waals surface area (Å²) >= 11 is 0. The van der Waals surface area contributed by atoms with Crippen LogP contribution in [0.3, 0.4) is 0 Å². The minimum atomic E-state index is -0.542. The Morgan fingerprint density at radius 2 is 2.00 bits per heavy atom. The second-order valence-electron chi connectivity index (χ2n) is 4.23. The van der Waals surface area contributed by atoms with Crippen LogP contribution in [-0.2, 0) is 23.0 Å². The number of esters is 1. The summed E-state index contributed by atoms with van der Waals surface area (Å²) in [7, 11) is 2.89. The topological polar surface area (TPSA) is 73.2 Å².